The summed E-state index contributed by atoms with van der Waals surface area (Å²) in [7, 11) is 0. The van der Waals surface area contributed by atoms with Crippen molar-refractivity contribution < 1.29 is 4.79 Å². The van der Waals surface area contributed by atoms with Crippen LogP contribution in [0.25, 0.3) is 33.5 Å². The molecule has 0 spiro atoms. The van der Waals surface area contributed by atoms with E-state index in [-0.39, 0.29) is 11.4 Å². The molecule has 5 rings (SSSR count). The number of fused-ring (bicyclic) bond motifs is 2. The fraction of sp³-hybridized carbons (Fsp3) is 0.333. The van der Waals surface area contributed by atoms with Crippen LogP contribution in [0, 0.1) is 12.8 Å². The van der Waals surface area contributed by atoms with E-state index in [9.17, 15) is 4.79 Å². The van der Waals surface area contributed by atoms with Crippen molar-refractivity contribution in [1.82, 2.24) is 28.3 Å². The van der Waals surface area contributed by atoms with Crippen molar-refractivity contribution in [3.8, 4) is 11.4 Å². The van der Waals surface area contributed by atoms with Crippen LogP contribution >= 0.6 is 22.9 Å². The van der Waals surface area contributed by atoms with Crippen LogP contribution in [-0.2, 0) is 0 Å². The summed E-state index contributed by atoms with van der Waals surface area (Å²) in [6, 6.07) is 6.21. The standard InChI is InChI=1S/C21H21IN6O/c1-11-4-7-13-16(8-11)28(22)27-17(13)15-10-24-19-18(25-15)14(9-23-19)20(29)26-21(2,3)12-5-6-12/h4,7-10,12H,5-6H2,1-3H3,(H,23,24)(H,26,29). The number of amides is 1. The summed E-state index contributed by atoms with van der Waals surface area (Å²) in [4.78, 5) is 25.3. The summed E-state index contributed by atoms with van der Waals surface area (Å²) in [5, 5.41) is 8.82. The van der Waals surface area contributed by atoms with Crippen molar-refractivity contribution in [3.05, 3.63) is 41.7 Å². The number of benzene rings is 1. The zero-order valence-corrected chi connectivity index (χ0v) is 18.6. The van der Waals surface area contributed by atoms with E-state index in [0.29, 0.717) is 28.3 Å². The molecule has 148 valence electrons. The molecule has 1 amide bonds. The molecule has 3 heterocycles. The molecule has 1 fully saturated rings. The summed E-state index contributed by atoms with van der Waals surface area (Å²) in [6.45, 7) is 6.22. The monoisotopic (exact) mass is 500 g/mol. The first-order valence-corrected chi connectivity index (χ1v) is 10.6. The second-order valence-corrected chi connectivity index (χ2v) is 9.25. The van der Waals surface area contributed by atoms with Gasteiger partial charge in [-0.05, 0) is 51.2 Å². The molecular weight excluding hydrogens is 479 g/mol. The van der Waals surface area contributed by atoms with Crippen LogP contribution in [0.2, 0.25) is 0 Å². The maximum atomic E-state index is 12.9. The molecule has 0 unspecified atom stereocenters. The minimum absolute atomic E-state index is 0.125. The van der Waals surface area contributed by atoms with Gasteiger partial charge in [0.1, 0.15) is 16.9 Å². The molecule has 0 aliphatic heterocycles. The minimum Gasteiger partial charge on any atom is -0.347 e. The Hall–Kier alpha value is -2.49. The number of halogens is 1. The maximum absolute atomic E-state index is 12.9. The maximum Gasteiger partial charge on any atom is 0.255 e. The first kappa shape index (κ1) is 18.5. The number of aryl methyl sites for hydroxylation is 1. The summed E-state index contributed by atoms with van der Waals surface area (Å²) in [6.07, 6.45) is 5.71. The second-order valence-electron chi connectivity index (χ2n) is 8.33. The molecule has 29 heavy (non-hydrogen) atoms. The van der Waals surface area contributed by atoms with Gasteiger partial charge in [-0.2, -0.15) is 5.10 Å². The minimum atomic E-state index is -0.222. The SMILES string of the molecule is Cc1ccc2c(-c3cnc4[nH]cc(C(=O)NC(C)(C)C5CC5)c4n3)nn(I)c2c1. The average molecular weight is 500 g/mol. The van der Waals surface area contributed by atoms with Crippen molar-refractivity contribution >= 4 is 50.8 Å². The van der Waals surface area contributed by atoms with Crippen molar-refractivity contribution in [1.29, 1.82) is 0 Å². The van der Waals surface area contributed by atoms with Crippen LogP contribution in [0.5, 0.6) is 0 Å². The first-order chi connectivity index (χ1) is 13.8. The summed E-state index contributed by atoms with van der Waals surface area (Å²) >= 11 is 2.17. The van der Waals surface area contributed by atoms with Crippen LogP contribution in [0.15, 0.2) is 30.6 Å². The number of aromatic nitrogens is 5. The van der Waals surface area contributed by atoms with Crippen molar-refractivity contribution in [3.63, 3.8) is 0 Å². The third-order valence-corrected chi connectivity index (χ3v) is 6.43. The van der Waals surface area contributed by atoms with Gasteiger partial charge in [0, 0.05) is 17.1 Å². The normalized spacial score (nSPS) is 14.6. The lowest BCUT2D eigenvalue weighted by Gasteiger charge is -2.25. The molecule has 3 aromatic heterocycles. The van der Waals surface area contributed by atoms with E-state index in [4.69, 9.17) is 4.98 Å². The Bertz CT molecular complexity index is 1270. The first-order valence-electron chi connectivity index (χ1n) is 9.66. The number of H-pyrrole nitrogens is 1. The van der Waals surface area contributed by atoms with Gasteiger partial charge in [-0.15, -0.1) is 0 Å². The Morgan fingerprint density at radius 1 is 1.34 bits per heavy atom. The van der Waals surface area contributed by atoms with Gasteiger partial charge in [0.15, 0.2) is 5.65 Å². The molecule has 1 aromatic carbocycles. The number of nitrogens with one attached hydrogen (secondary N) is 2. The Balaban J connectivity index is 1.57. The van der Waals surface area contributed by atoms with E-state index in [1.54, 1.807) is 12.4 Å². The van der Waals surface area contributed by atoms with Gasteiger partial charge in [-0.1, -0.05) is 12.1 Å². The third-order valence-electron chi connectivity index (χ3n) is 5.70. The molecule has 0 atom stereocenters. The van der Waals surface area contributed by atoms with Gasteiger partial charge in [-0.3, -0.25) is 4.79 Å². The van der Waals surface area contributed by atoms with Crippen LogP contribution in [0.1, 0.15) is 42.6 Å². The fourth-order valence-corrected chi connectivity index (χ4v) is 4.44. The zero-order chi connectivity index (χ0) is 20.3. The van der Waals surface area contributed by atoms with Gasteiger partial charge in [0.25, 0.3) is 5.91 Å². The molecule has 0 radical (unpaired) electrons. The highest BCUT2D eigenvalue weighted by molar-refractivity contribution is 14.1. The molecule has 4 aromatic rings. The molecular formula is C21H21IN6O. The van der Waals surface area contributed by atoms with Gasteiger partial charge in [0.2, 0.25) is 0 Å². The number of hydrogen-bond acceptors (Lipinski definition) is 4. The molecule has 1 aliphatic rings. The highest BCUT2D eigenvalue weighted by atomic mass is 127. The Labute approximate surface area is 181 Å². The predicted molar refractivity (Wildman–Crippen MR) is 121 cm³/mol. The largest absolute Gasteiger partial charge is 0.347 e. The van der Waals surface area contributed by atoms with Gasteiger partial charge < -0.3 is 10.3 Å². The van der Waals surface area contributed by atoms with E-state index in [1.807, 2.05) is 2.90 Å². The Kier molecular flexibility index (Phi) is 4.16. The highest BCUT2D eigenvalue weighted by Gasteiger charge is 2.39. The topological polar surface area (TPSA) is 88.5 Å². The highest BCUT2D eigenvalue weighted by Crippen LogP contribution is 2.39. The molecule has 1 saturated carbocycles. The van der Waals surface area contributed by atoms with Crippen LogP contribution < -0.4 is 5.32 Å². The van der Waals surface area contributed by atoms with Crippen molar-refractivity contribution in [2.24, 2.45) is 5.92 Å². The summed E-state index contributed by atoms with van der Waals surface area (Å²) in [5.74, 6) is 0.417. The summed E-state index contributed by atoms with van der Waals surface area (Å²) < 4.78 is 1.82. The predicted octanol–water partition coefficient (Wildman–Crippen LogP) is 4.40. The molecule has 0 bridgehead atoms. The lowest BCUT2D eigenvalue weighted by Crippen LogP contribution is -2.45. The number of nitrogens with zero attached hydrogens (tertiary/aromatic N) is 4. The molecule has 7 nitrogen and oxygen atoms in total. The van der Waals surface area contributed by atoms with E-state index in [1.165, 1.54) is 5.56 Å². The Morgan fingerprint density at radius 2 is 2.14 bits per heavy atom. The number of carbonyl (C=O) groups excluding carboxylic acids is 1. The van der Waals surface area contributed by atoms with E-state index < -0.39 is 0 Å². The molecule has 0 saturated heterocycles. The van der Waals surface area contributed by atoms with Crippen molar-refractivity contribution in [2.45, 2.75) is 39.2 Å². The molecule has 2 N–H and O–H groups in total. The summed E-state index contributed by atoms with van der Waals surface area (Å²) in [5.41, 5.74) is 5.06. The van der Waals surface area contributed by atoms with Crippen LogP contribution in [0.3, 0.4) is 0 Å². The fourth-order valence-electron chi connectivity index (χ4n) is 3.82. The third kappa shape index (κ3) is 3.19. The smallest absolute Gasteiger partial charge is 0.255 e. The van der Waals surface area contributed by atoms with Gasteiger partial charge in [-0.25, -0.2) is 12.9 Å². The average Bonchev–Trinajstić information content (AvgIpc) is 3.39. The molecule has 1 aliphatic carbocycles. The van der Waals surface area contributed by atoms with E-state index in [0.717, 1.165) is 29.4 Å². The molecule has 8 heteroatoms. The van der Waals surface area contributed by atoms with E-state index >= 15 is 0 Å². The number of rotatable bonds is 4. The van der Waals surface area contributed by atoms with Gasteiger partial charge >= 0.3 is 0 Å². The van der Waals surface area contributed by atoms with Crippen molar-refractivity contribution in [2.75, 3.05) is 0 Å². The quantitative estimate of drug-likeness (QED) is 0.407. The zero-order valence-electron chi connectivity index (χ0n) is 16.5. The number of aromatic amines is 1. The van der Waals surface area contributed by atoms with Crippen LogP contribution in [0.4, 0.5) is 0 Å². The lowest BCUT2D eigenvalue weighted by molar-refractivity contribution is 0.0905. The van der Waals surface area contributed by atoms with Crippen LogP contribution in [-0.4, -0.2) is 34.4 Å². The van der Waals surface area contributed by atoms with E-state index in [2.05, 4.69) is 82.2 Å². The van der Waals surface area contributed by atoms with Gasteiger partial charge in [0.05, 0.1) is 40.1 Å². The second kappa shape index (κ2) is 6.51. The Morgan fingerprint density at radius 3 is 2.90 bits per heavy atom. The number of carbonyl (C=O) groups is 1. The lowest BCUT2D eigenvalue weighted by atomic mass is 9.98. The number of hydrogen-bond donors (Lipinski definition) is 2.